The summed E-state index contributed by atoms with van der Waals surface area (Å²) < 4.78 is 4.71. The largest absolute Gasteiger partial charge is 0.447 e. The molecular formula is C13H22N2O4. The Balaban J connectivity index is 1.81. The van der Waals surface area contributed by atoms with Crippen LogP contribution in [0.5, 0.6) is 0 Å². The van der Waals surface area contributed by atoms with Gasteiger partial charge in [0.15, 0.2) is 0 Å². The van der Waals surface area contributed by atoms with Crippen LogP contribution >= 0.6 is 0 Å². The summed E-state index contributed by atoms with van der Waals surface area (Å²) in [4.78, 5) is 25.5. The van der Waals surface area contributed by atoms with E-state index in [4.69, 9.17) is 9.84 Å². The molecule has 2 amide bonds. The summed E-state index contributed by atoms with van der Waals surface area (Å²) in [6.45, 7) is 0.466. The van der Waals surface area contributed by atoms with Gasteiger partial charge in [0.2, 0.25) is 5.91 Å². The van der Waals surface area contributed by atoms with Crippen molar-refractivity contribution in [2.45, 2.75) is 50.6 Å². The molecule has 6 nitrogen and oxygen atoms in total. The van der Waals surface area contributed by atoms with Gasteiger partial charge in [-0.2, -0.15) is 0 Å². The van der Waals surface area contributed by atoms with Gasteiger partial charge in [-0.15, -0.1) is 0 Å². The summed E-state index contributed by atoms with van der Waals surface area (Å²) >= 11 is 0. The van der Waals surface area contributed by atoms with Crippen molar-refractivity contribution in [3.05, 3.63) is 0 Å². The Morgan fingerprint density at radius 2 is 2.05 bits per heavy atom. The van der Waals surface area contributed by atoms with Crippen molar-refractivity contribution in [2.75, 3.05) is 19.8 Å². The van der Waals surface area contributed by atoms with E-state index in [0.717, 1.165) is 12.8 Å². The Labute approximate surface area is 113 Å². The number of nitrogens with one attached hydrogen (secondary N) is 1. The second-order valence-corrected chi connectivity index (χ2v) is 5.17. The number of hydrogen-bond acceptors (Lipinski definition) is 4. The van der Waals surface area contributed by atoms with E-state index in [0.29, 0.717) is 19.0 Å². The molecule has 0 aromatic rings. The zero-order chi connectivity index (χ0) is 13.7. The molecule has 108 valence electrons. The highest BCUT2D eigenvalue weighted by atomic mass is 16.6. The van der Waals surface area contributed by atoms with Crippen molar-refractivity contribution in [3.8, 4) is 0 Å². The van der Waals surface area contributed by atoms with Crippen LogP contribution in [0.15, 0.2) is 0 Å². The molecule has 0 spiro atoms. The van der Waals surface area contributed by atoms with Crippen LogP contribution < -0.4 is 5.32 Å². The van der Waals surface area contributed by atoms with Crippen LogP contribution in [0.3, 0.4) is 0 Å². The first-order valence-corrected chi connectivity index (χ1v) is 7.07. The predicted molar refractivity (Wildman–Crippen MR) is 68.6 cm³/mol. The maximum atomic E-state index is 12.2. The van der Waals surface area contributed by atoms with Crippen LogP contribution in [-0.4, -0.2) is 53.8 Å². The first-order valence-electron chi connectivity index (χ1n) is 7.07. The second kappa shape index (κ2) is 6.75. The number of carbonyl (C=O) groups excluding carboxylic acids is 2. The van der Waals surface area contributed by atoms with E-state index >= 15 is 0 Å². The molecular weight excluding hydrogens is 248 g/mol. The molecule has 19 heavy (non-hydrogen) atoms. The van der Waals surface area contributed by atoms with Gasteiger partial charge >= 0.3 is 6.09 Å². The molecule has 1 aliphatic heterocycles. The molecule has 2 rings (SSSR count). The highest BCUT2D eigenvalue weighted by Gasteiger charge is 2.37. The van der Waals surface area contributed by atoms with Crippen LogP contribution in [0.1, 0.15) is 38.5 Å². The molecule has 1 atom stereocenters. The van der Waals surface area contributed by atoms with Gasteiger partial charge in [0.25, 0.3) is 0 Å². The second-order valence-electron chi connectivity index (χ2n) is 5.17. The third-order valence-corrected chi connectivity index (χ3v) is 3.87. The molecule has 0 aromatic carbocycles. The number of hydrogen-bond donors (Lipinski definition) is 2. The number of aliphatic hydroxyl groups is 1. The number of carbonyl (C=O) groups is 2. The minimum Gasteiger partial charge on any atom is -0.447 e. The minimum absolute atomic E-state index is 0.00727. The Morgan fingerprint density at radius 1 is 1.32 bits per heavy atom. The molecule has 0 aromatic heterocycles. The normalized spacial score (nSPS) is 24.6. The maximum Gasteiger partial charge on any atom is 0.407 e. The fourth-order valence-corrected chi connectivity index (χ4v) is 2.91. The van der Waals surface area contributed by atoms with E-state index in [1.807, 2.05) is 4.90 Å². The van der Waals surface area contributed by atoms with E-state index in [-0.39, 0.29) is 19.1 Å². The van der Waals surface area contributed by atoms with Gasteiger partial charge in [-0.25, -0.2) is 4.79 Å². The first kappa shape index (κ1) is 14.1. The lowest BCUT2D eigenvalue weighted by atomic mass is 9.94. The van der Waals surface area contributed by atoms with Crippen LogP contribution in [0.25, 0.3) is 0 Å². The van der Waals surface area contributed by atoms with Gasteiger partial charge in [0.1, 0.15) is 12.6 Å². The molecule has 2 aliphatic rings. The molecule has 1 aliphatic carbocycles. The van der Waals surface area contributed by atoms with Gasteiger partial charge in [-0.1, -0.05) is 19.3 Å². The molecule has 1 heterocycles. The summed E-state index contributed by atoms with van der Waals surface area (Å²) in [7, 11) is 0. The molecule has 0 radical (unpaired) electrons. The number of aliphatic hydroxyl groups excluding tert-OH is 1. The van der Waals surface area contributed by atoms with Crippen LogP contribution in [0.2, 0.25) is 0 Å². The summed E-state index contributed by atoms with van der Waals surface area (Å²) in [6.07, 6.45) is 5.80. The van der Waals surface area contributed by atoms with Gasteiger partial charge in [0, 0.05) is 12.6 Å². The van der Waals surface area contributed by atoms with E-state index in [2.05, 4.69) is 5.32 Å². The van der Waals surface area contributed by atoms with Crippen LogP contribution in [-0.2, 0) is 9.53 Å². The fraction of sp³-hybridized carbons (Fsp3) is 0.846. The Kier molecular flexibility index (Phi) is 5.01. The molecule has 2 N–H and O–H groups in total. The van der Waals surface area contributed by atoms with Crippen molar-refractivity contribution < 1.29 is 19.4 Å². The molecule has 1 saturated heterocycles. The zero-order valence-electron chi connectivity index (χ0n) is 11.1. The Morgan fingerprint density at radius 3 is 2.74 bits per heavy atom. The van der Waals surface area contributed by atoms with Gasteiger partial charge < -0.3 is 20.1 Å². The fourth-order valence-electron chi connectivity index (χ4n) is 2.91. The number of ether oxygens (including phenoxy) is 1. The van der Waals surface area contributed by atoms with Crippen molar-refractivity contribution in [1.29, 1.82) is 0 Å². The van der Waals surface area contributed by atoms with Crippen molar-refractivity contribution in [1.82, 2.24) is 10.2 Å². The summed E-state index contributed by atoms with van der Waals surface area (Å²) in [5.74, 6) is 0.00727. The Hall–Kier alpha value is -1.30. The average Bonchev–Trinajstić information content (AvgIpc) is 2.79. The number of nitrogens with zero attached hydrogens (tertiary/aromatic N) is 1. The summed E-state index contributed by atoms with van der Waals surface area (Å²) in [5.41, 5.74) is 0. The summed E-state index contributed by atoms with van der Waals surface area (Å²) in [5, 5.41) is 11.1. The standard InChI is InChI=1S/C13H22N2O4/c16-8-9-19-13(18)14-11-6-7-15(12(11)17)10-4-2-1-3-5-10/h10-11,16H,1-9H2,(H,14,18)/t11-/m0/s1. The van der Waals surface area contributed by atoms with Gasteiger partial charge in [-0.05, 0) is 19.3 Å². The quantitative estimate of drug-likeness (QED) is 0.785. The zero-order valence-corrected chi connectivity index (χ0v) is 11.1. The number of likely N-dealkylation sites (tertiary alicyclic amines) is 1. The SMILES string of the molecule is O=C(N[C@H]1CCN(C2CCCCC2)C1=O)OCCO. The number of rotatable bonds is 4. The topological polar surface area (TPSA) is 78.9 Å². The molecule has 6 heteroatoms. The predicted octanol–water partition coefficient (Wildman–Crippen LogP) is 0.638. The maximum absolute atomic E-state index is 12.2. The number of alkyl carbamates (subject to hydrolysis) is 1. The van der Waals surface area contributed by atoms with Crippen molar-refractivity contribution in [3.63, 3.8) is 0 Å². The lowest BCUT2D eigenvalue weighted by molar-refractivity contribution is -0.131. The molecule has 0 unspecified atom stereocenters. The van der Waals surface area contributed by atoms with Crippen molar-refractivity contribution >= 4 is 12.0 Å². The smallest absolute Gasteiger partial charge is 0.407 e. The molecule has 2 fully saturated rings. The van der Waals surface area contributed by atoms with E-state index in [1.165, 1.54) is 19.3 Å². The average molecular weight is 270 g/mol. The van der Waals surface area contributed by atoms with Crippen molar-refractivity contribution in [2.24, 2.45) is 0 Å². The third-order valence-electron chi connectivity index (χ3n) is 3.87. The van der Waals surface area contributed by atoms with Gasteiger partial charge in [-0.3, -0.25) is 4.79 Å². The van der Waals surface area contributed by atoms with Gasteiger partial charge in [0.05, 0.1) is 6.61 Å². The lowest BCUT2D eigenvalue weighted by Crippen LogP contribution is -2.45. The number of amides is 2. The van der Waals surface area contributed by atoms with E-state index in [9.17, 15) is 9.59 Å². The van der Waals surface area contributed by atoms with Crippen LogP contribution in [0, 0.1) is 0 Å². The van der Waals surface area contributed by atoms with Crippen LogP contribution in [0.4, 0.5) is 4.79 Å². The third kappa shape index (κ3) is 3.59. The lowest BCUT2D eigenvalue weighted by Gasteiger charge is -2.31. The van der Waals surface area contributed by atoms with E-state index in [1.54, 1.807) is 0 Å². The summed E-state index contributed by atoms with van der Waals surface area (Å²) in [6, 6.07) is -0.116. The monoisotopic (exact) mass is 270 g/mol. The minimum atomic E-state index is -0.627. The highest BCUT2D eigenvalue weighted by Crippen LogP contribution is 2.26. The van der Waals surface area contributed by atoms with E-state index < -0.39 is 12.1 Å². The highest BCUT2D eigenvalue weighted by molar-refractivity contribution is 5.87. The molecule has 1 saturated carbocycles. The Bertz CT molecular complexity index is 329. The molecule has 0 bridgehead atoms. The first-order chi connectivity index (χ1) is 9.22.